The van der Waals surface area contributed by atoms with Gasteiger partial charge in [0.05, 0.1) is 5.41 Å². The molecule has 1 aliphatic rings. The second-order valence-electron chi connectivity index (χ2n) is 5.40. The van der Waals surface area contributed by atoms with Crippen molar-refractivity contribution in [3.05, 3.63) is 0 Å². The lowest BCUT2D eigenvalue weighted by molar-refractivity contribution is -0.142. The smallest absolute Gasteiger partial charge is 0.229 e. The minimum absolute atomic E-state index is 0.219. The Morgan fingerprint density at radius 2 is 1.88 bits per heavy atom. The monoisotopic (exact) mass is 245 g/mol. The van der Waals surface area contributed by atoms with Crippen LogP contribution in [0, 0.1) is 5.41 Å². The molecule has 0 saturated heterocycles. The highest BCUT2D eigenvalue weighted by atomic mass is 35.5. The Kier molecular flexibility index (Phi) is 5.10. The summed E-state index contributed by atoms with van der Waals surface area (Å²) in [7, 11) is 0. The molecule has 1 fully saturated rings. The maximum Gasteiger partial charge on any atom is 0.229 e. The first-order valence-corrected chi connectivity index (χ1v) is 6.93. The SMILES string of the molecule is CCN(C(=O)C(C)(C)CCl)C1CCCCC1. The van der Waals surface area contributed by atoms with Crippen molar-refractivity contribution in [3.63, 3.8) is 0 Å². The van der Waals surface area contributed by atoms with Crippen LogP contribution in [0.4, 0.5) is 0 Å². The minimum Gasteiger partial charge on any atom is -0.339 e. The molecule has 3 heteroatoms. The van der Waals surface area contributed by atoms with Crippen LogP contribution in [0.3, 0.4) is 0 Å². The van der Waals surface area contributed by atoms with Crippen LogP contribution in [-0.2, 0) is 4.79 Å². The summed E-state index contributed by atoms with van der Waals surface area (Å²) in [6.45, 7) is 6.75. The van der Waals surface area contributed by atoms with E-state index in [0.717, 1.165) is 19.4 Å². The topological polar surface area (TPSA) is 20.3 Å². The largest absolute Gasteiger partial charge is 0.339 e. The molecule has 1 aliphatic carbocycles. The number of nitrogens with zero attached hydrogens (tertiary/aromatic N) is 1. The van der Waals surface area contributed by atoms with Gasteiger partial charge in [-0.1, -0.05) is 19.3 Å². The Morgan fingerprint density at radius 1 is 1.31 bits per heavy atom. The van der Waals surface area contributed by atoms with Crippen LogP contribution >= 0.6 is 11.6 Å². The summed E-state index contributed by atoms with van der Waals surface area (Å²) in [5, 5.41) is 0. The third-order valence-electron chi connectivity index (χ3n) is 3.53. The van der Waals surface area contributed by atoms with E-state index in [1.807, 2.05) is 18.7 Å². The van der Waals surface area contributed by atoms with E-state index in [-0.39, 0.29) is 5.91 Å². The third-order valence-corrected chi connectivity index (χ3v) is 4.20. The van der Waals surface area contributed by atoms with E-state index in [9.17, 15) is 4.79 Å². The van der Waals surface area contributed by atoms with Crippen molar-refractivity contribution >= 4 is 17.5 Å². The van der Waals surface area contributed by atoms with E-state index >= 15 is 0 Å². The molecule has 0 heterocycles. The summed E-state index contributed by atoms with van der Waals surface area (Å²) in [6.07, 6.45) is 6.17. The van der Waals surface area contributed by atoms with Crippen LogP contribution in [-0.4, -0.2) is 29.3 Å². The number of alkyl halides is 1. The molecule has 94 valence electrons. The average molecular weight is 246 g/mol. The van der Waals surface area contributed by atoms with Gasteiger partial charge in [-0.15, -0.1) is 11.6 Å². The van der Waals surface area contributed by atoms with Crippen molar-refractivity contribution in [2.45, 2.75) is 58.9 Å². The Bertz CT molecular complexity index is 234. The van der Waals surface area contributed by atoms with Gasteiger partial charge >= 0.3 is 0 Å². The van der Waals surface area contributed by atoms with E-state index in [4.69, 9.17) is 11.6 Å². The van der Waals surface area contributed by atoms with E-state index in [1.165, 1.54) is 19.3 Å². The molecular formula is C13H24ClNO. The zero-order valence-electron chi connectivity index (χ0n) is 10.8. The van der Waals surface area contributed by atoms with Crippen LogP contribution in [0.2, 0.25) is 0 Å². The lowest BCUT2D eigenvalue weighted by Crippen LogP contribution is -2.48. The lowest BCUT2D eigenvalue weighted by atomic mass is 9.89. The van der Waals surface area contributed by atoms with Gasteiger partial charge in [-0.05, 0) is 33.6 Å². The number of amides is 1. The summed E-state index contributed by atoms with van der Waals surface area (Å²) in [5.74, 6) is 0.617. The van der Waals surface area contributed by atoms with Gasteiger partial charge in [0, 0.05) is 18.5 Å². The molecule has 1 saturated carbocycles. The number of halogens is 1. The lowest BCUT2D eigenvalue weighted by Gasteiger charge is -2.38. The zero-order valence-corrected chi connectivity index (χ0v) is 11.5. The van der Waals surface area contributed by atoms with Crippen LogP contribution in [0.5, 0.6) is 0 Å². The quantitative estimate of drug-likeness (QED) is 0.695. The molecular weight excluding hydrogens is 222 g/mol. The van der Waals surface area contributed by atoms with Crippen LogP contribution in [0.15, 0.2) is 0 Å². The molecule has 0 unspecified atom stereocenters. The fourth-order valence-electron chi connectivity index (χ4n) is 2.41. The second-order valence-corrected chi connectivity index (χ2v) is 5.67. The molecule has 1 amide bonds. The first kappa shape index (κ1) is 13.8. The van der Waals surface area contributed by atoms with Crippen molar-refractivity contribution in [1.82, 2.24) is 4.90 Å². The molecule has 0 spiro atoms. The van der Waals surface area contributed by atoms with Gasteiger partial charge in [-0.25, -0.2) is 0 Å². The van der Waals surface area contributed by atoms with Crippen LogP contribution < -0.4 is 0 Å². The molecule has 1 rings (SSSR count). The number of rotatable bonds is 4. The second kappa shape index (κ2) is 5.90. The van der Waals surface area contributed by atoms with E-state index in [0.29, 0.717) is 11.9 Å². The number of carbonyl (C=O) groups is 1. The van der Waals surface area contributed by atoms with Gasteiger partial charge in [0.25, 0.3) is 0 Å². The fraction of sp³-hybridized carbons (Fsp3) is 0.923. The summed E-state index contributed by atoms with van der Waals surface area (Å²) < 4.78 is 0. The number of hydrogen-bond acceptors (Lipinski definition) is 1. The minimum atomic E-state index is -0.422. The summed E-state index contributed by atoms with van der Waals surface area (Å²) in [4.78, 5) is 14.4. The summed E-state index contributed by atoms with van der Waals surface area (Å²) >= 11 is 5.88. The molecule has 2 nitrogen and oxygen atoms in total. The van der Waals surface area contributed by atoms with Crippen LogP contribution in [0.25, 0.3) is 0 Å². The number of hydrogen-bond donors (Lipinski definition) is 0. The summed E-state index contributed by atoms with van der Waals surface area (Å²) in [6, 6.07) is 0.453. The van der Waals surface area contributed by atoms with E-state index in [2.05, 4.69) is 6.92 Å². The Balaban J connectivity index is 2.69. The first-order valence-electron chi connectivity index (χ1n) is 6.40. The van der Waals surface area contributed by atoms with Crippen molar-refractivity contribution < 1.29 is 4.79 Å². The molecule has 0 aromatic carbocycles. The summed E-state index contributed by atoms with van der Waals surface area (Å²) in [5.41, 5.74) is -0.422. The molecule has 0 aromatic rings. The standard InChI is InChI=1S/C13H24ClNO/c1-4-15(11-8-6-5-7-9-11)12(16)13(2,3)10-14/h11H,4-10H2,1-3H3. The Morgan fingerprint density at radius 3 is 2.31 bits per heavy atom. The molecule has 16 heavy (non-hydrogen) atoms. The van der Waals surface area contributed by atoms with Gasteiger partial charge in [0.2, 0.25) is 5.91 Å². The predicted octanol–water partition coefficient (Wildman–Crippen LogP) is 3.43. The van der Waals surface area contributed by atoms with E-state index in [1.54, 1.807) is 0 Å². The number of carbonyl (C=O) groups excluding carboxylic acids is 1. The average Bonchev–Trinajstić information content (AvgIpc) is 2.31. The van der Waals surface area contributed by atoms with Crippen molar-refractivity contribution in [1.29, 1.82) is 0 Å². The van der Waals surface area contributed by atoms with Gasteiger partial charge in [-0.3, -0.25) is 4.79 Å². The highest BCUT2D eigenvalue weighted by molar-refractivity contribution is 6.19. The van der Waals surface area contributed by atoms with Crippen molar-refractivity contribution in [2.75, 3.05) is 12.4 Å². The normalized spacial score (nSPS) is 18.5. The predicted molar refractivity (Wildman–Crippen MR) is 68.8 cm³/mol. The third kappa shape index (κ3) is 3.13. The highest BCUT2D eigenvalue weighted by Crippen LogP contribution is 2.27. The van der Waals surface area contributed by atoms with Crippen LogP contribution in [0.1, 0.15) is 52.9 Å². The van der Waals surface area contributed by atoms with Gasteiger partial charge < -0.3 is 4.90 Å². The first-order chi connectivity index (χ1) is 7.53. The molecule has 0 N–H and O–H groups in total. The van der Waals surface area contributed by atoms with Crippen molar-refractivity contribution in [3.8, 4) is 0 Å². The zero-order chi connectivity index (χ0) is 12.2. The maximum absolute atomic E-state index is 12.4. The molecule has 0 radical (unpaired) electrons. The van der Waals surface area contributed by atoms with E-state index < -0.39 is 5.41 Å². The maximum atomic E-state index is 12.4. The molecule has 0 aromatic heterocycles. The van der Waals surface area contributed by atoms with Gasteiger partial charge in [0.1, 0.15) is 0 Å². The molecule has 0 atom stereocenters. The highest BCUT2D eigenvalue weighted by Gasteiger charge is 2.34. The Labute approximate surface area is 104 Å². The molecule has 0 bridgehead atoms. The van der Waals surface area contributed by atoms with Gasteiger partial charge in [0.15, 0.2) is 0 Å². The van der Waals surface area contributed by atoms with Gasteiger partial charge in [-0.2, -0.15) is 0 Å². The Hall–Kier alpha value is -0.240. The molecule has 0 aliphatic heterocycles. The fourth-order valence-corrected chi connectivity index (χ4v) is 2.52. The van der Waals surface area contributed by atoms with Crippen molar-refractivity contribution in [2.24, 2.45) is 5.41 Å².